The van der Waals surface area contributed by atoms with E-state index in [0.717, 1.165) is 0 Å². The Kier molecular flexibility index (Phi) is 2.44. The van der Waals surface area contributed by atoms with Gasteiger partial charge in [-0.15, -0.1) is 0 Å². The summed E-state index contributed by atoms with van der Waals surface area (Å²) in [7, 11) is 0. The predicted molar refractivity (Wildman–Crippen MR) is 73.7 cm³/mol. The molecule has 4 atom stereocenters. The average Bonchev–Trinajstić information content (AvgIpc) is 3.13. The van der Waals surface area contributed by atoms with Crippen LogP contribution in [0.2, 0.25) is 0 Å². The van der Waals surface area contributed by atoms with Gasteiger partial charge in [0.25, 0.3) is 0 Å². The Balaban J connectivity index is 1.69. The van der Waals surface area contributed by atoms with Crippen LogP contribution in [0.3, 0.4) is 0 Å². The molecule has 0 saturated carbocycles. The second kappa shape index (κ2) is 4.11. The molecule has 2 fully saturated rings. The highest BCUT2D eigenvalue weighted by Crippen LogP contribution is 2.46. The van der Waals surface area contributed by atoms with Gasteiger partial charge in [0, 0.05) is 5.56 Å². The third-order valence-electron chi connectivity index (χ3n) is 4.44. The van der Waals surface area contributed by atoms with Crippen molar-refractivity contribution < 1.29 is 19.1 Å². The van der Waals surface area contributed by atoms with E-state index < -0.39 is 11.8 Å². The summed E-state index contributed by atoms with van der Waals surface area (Å²) < 4.78 is 5.59. The maximum atomic E-state index is 12.5. The van der Waals surface area contributed by atoms with Crippen molar-refractivity contribution in [3.63, 3.8) is 0 Å². The summed E-state index contributed by atoms with van der Waals surface area (Å²) in [5, 5.41) is 0. The Morgan fingerprint density at radius 1 is 1.00 bits per heavy atom. The Hall–Kier alpha value is -2.27. The van der Waals surface area contributed by atoms with Gasteiger partial charge in [-0.05, 0) is 31.2 Å². The molecule has 2 saturated heterocycles. The number of ether oxygens (including phenoxy) is 1. The van der Waals surface area contributed by atoms with Crippen LogP contribution in [0.25, 0.3) is 0 Å². The van der Waals surface area contributed by atoms with Crippen LogP contribution in [0.4, 0.5) is 5.69 Å². The van der Waals surface area contributed by atoms with Gasteiger partial charge in [-0.2, -0.15) is 0 Å². The number of hydrogen-bond acceptors (Lipinski definition) is 4. The van der Waals surface area contributed by atoms with Crippen LogP contribution >= 0.6 is 0 Å². The van der Waals surface area contributed by atoms with Crippen LogP contribution < -0.4 is 4.90 Å². The van der Waals surface area contributed by atoms with Crippen molar-refractivity contribution in [3.05, 3.63) is 42.0 Å². The number of fused-ring (bicyclic) bond motifs is 5. The van der Waals surface area contributed by atoms with Crippen LogP contribution in [-0.4, -0.2) is 29.8 Å². The zero-order valence-electron chi connectivity index (χ0n) is 11.4. The fraction of sp³-hybridized carbons (Fsp3) is 0.312. The lowest BCUT2D eigenvalue weighted by molar-refractivity contribution is -0.124. The quantitative estimate of drug-likeness (QED) is 0.466. The number of carbonyl (C=O) groups is 3. The maximum absolute atomic E-state index is 12.5. The zero-order chi connectivity index (χ0) is 14.7. The summed E-state index contributed by atoms with van der Waals surface area (Å²) in [5.74, 6) is -1.28. The summed E-state index contributed by atoms with van der Waals surface area (Å²) in [4.78, 5) is 37.6. The summed E-state index contributed by atoms with van der Waals surface area (Å²) >= 11 is 0. The molecule has 0 N–H and O–H groups in total. The van der Waals surface area contributed by atoms with Gasteiger partial charge in [-0.3, -0.25) is 14.4 Å². The molecule has 2 bridgehead atoms. The third kappa shape index (κ3) is 1.58. The molecule has 3 aliphatic rings. The number of carbonyl (C=O) groups excluding carboxylic acids is 3. The number of imide groups is 1. The van der Waals surface area contributed by atoms with Crippen molar-refractivity contribution in [1.29, 1.82) is 0 Å². The van der Waals surface area contributed by atoms with Crippen molar-refractivity contribution in [2.24, 2.45) is 11.8 Å². The molecule has 0 aromatic heterocycles. The molecule has 0 spiro atoms. The number of hydrogen-bond donors (Lipinski definition) is 0. The highest BCUT2D eigenvalue weighted by Gasteiger charge is 2.60. The van der Waals surface area contributed by atoms with Crippen molar-refractivity contribution in [2.45, 2.75) is 19.1 Å². The number of Topliss-reactive ketones (excluding diaryl/α,β-unsaturated/α-hetero) is 1. The van der Waals surface area contributed by atoms with E-state index in [-0.39, 0.29) is 29.8 Å². The van der Waals surface area contributed by atoms with Crippen molar-refractivity contribution in [2.75, 3.05) is 4.90 Å². The minimum Gasteiger partial charge on any atom is -0.365 e. The molecule has 5 heteroatoms. The second-order valence-electron chi connectivity index (χ2n) is 5.62. The van der Waals surface area contributed by atoms with Gasteiger partial charge in [0.1, 0.15) is 0 Å². The first-order valence-electron chi connectivity index (χ1n) is 6.90. The molecule has 106 valence electrons. The molecule has 1 aromatic rings. The lowest BCUT2D eigenvalue weighted by Crippen LogP contribution is -2.34. The highest BCUT2D eigenvalue weighted by atomic mass is 16.5. The van der Waals surface area contributed by atoms with E-state index in [1.807, 2.05) is 12.2 Å². The number of anilines is 1. The molecule has 0 radical (unpaired) electrons. The Morgan fingerprint density at radius 2 is 1.52 bits per heavy atom. The van der Waals surface area contributed by atoms with Gasteiger partial charge < -0.3 is 4.74 Å². The van der Waals surface area contributed by atoms with Gasteiger partial charge in [0.15, 0.2) is 5.78 Å². The van der Waals surface area contributed by atoms with Crippen molar-refractivity contribution in [1.82, 2.24) is 0 Å². The van der Waals surface area contributed by atoms with Crippen LogP contribution in [-0.2, 0) is 14.3 Å². The second-order valence-corrected chi connectivity index (χ2v) is 5.62. The van der Waals surface area contributed by atoms with E-state index in [2.05, 4.69) is 0 Å². The van der Waals surface area contributed by atoms with E-state index >= 15 is 0 Å². The first-order valence-corrected chi connectivity index (χ1v) is 6.90. The summed E-state index contributed by atoms with van der Waals surface area (Å²) in [6.45, 7) is 1.48. The van der Waals surface area contributed by atoms with Gasteiger partial charge in [0.2, 0.25) is 11.8 Å². The predicted octanol–water partition coefficient (Wildman–Crippen LogP) is 1.33. The molecular formula is C16H13NO4. The minimum atomic E-state index is -0.403. The average molecular weight is 283 g/mol. The van der Waals surface area contributed by atoms with Crippen LogP contribution in [0.15, 0.2) is 36.4 Å². The molecule has 3 aliphatic heterocycles. The number of nitrogens with zero attached hydrogens (tertiary/aromatic N) is 1. The van der Waals surface area contributed by atoms with Crippen LogP contribution in [0.5, 0.6) is 0 Å². The number of benzene rings is 1. The molecule has 1 aromatic carbocycles. The molecule has 2 amide bonds. The van der Waals surface area contributed by atoms with Crippen molar-refractivity contribution in [3.8, 4) is 0 Å². The van der Waals surface area contributed by atoms with E-state index in [9.17, 15) is 14.4 Å². The van der Waals surface area contributed by atoms with Gasteiger partial charge in [-0.25, -0.2) is 4.90 Å². The zero-order valence-corrected chi connectivity index (χ0v) is 11.4. The normalized spacial score (nSPS) is 32.9. The molecule has 3 heterocycles. The number of amides is 2. The number of ketones is 1. The fourth-order valence-electron chi connectivity index (χ4n) is 3.40. The van der Waals surface area contributed by atoms with E-state index in [0.29, 0.717) is 11.3 Å². The monoisotopic (exact) mass is 283 g/mol. The third-order valence-corrected chi connectivity index (χ3v) is 4.44. The Morgan fingerprint density at radius 3 is 2.00 bits per heavy atom. The first-order chi connectivity index (χ1) is 10.1. The summed E-state index contributed by atoms with van der Waals surface area (Å²) in [6.07, 6.45) is 3.16. The number of rotatable bonds is 2. The topological polar surface area (TPSA) is 63.7 Å². The van der Waals surface area contributed by atoms with Crippen molar-refractivity contribution >= 4 is 23.3 Å². The SMILES string of the molecule is CC(=O)c1ccc(N2C(=O)[C@H]3[C@H](C2=O)[C@H]2C=C[C@H]3O2)cc1. The fourth-order valence-corrected chi connectivity index (χ4v) is 3.40. The lowest BCUT2D eigenvalue weighted by atomic mass is 9.85. The molecule has 0 unspecified atom stereocenters. The lowest BCUT2D eigenvalue weighted by Gasteiger charge is -2.17. The van der Waals surface area contributed by atoms with Crippen LogP contribution in [0.1, 0.15) is 17.3 Å². The first kappa shape index (κ1) is 12.5. The van der Waals surface area contributed by atoms with Gasteiger partial charge in [-0.1, -0.05) is 12.2 Å². The smallest absolute Gasteiger partial charge is 0.240 e. The van der Waals surface area contributed by atoms with E-state index in [1.54, 1.807) is 24.3 Å². The Labute approximate surface area is 121 Å². The summed E-state index contributed by atoms with van der Waals surface area (Å²) in [6, 6.07) is 6.55. The van der Waals surface area contributed by atoms with Gasteiger partial charge in [0.05, 0.1) is 29.7 Å². The molecule has 4 rings (SSSR count). The molecule has 5 nitrogen and oxygen atoms in total. The largest absolute Gasteiger partial charge is 0.365 e. The molecular weight excluding hydrogens is 270 g/mol. The Bertz CT molecular complexity index is 661. The minimum absolute atomic E-state index is 0.0480. The van der Waals surface area contributed by atoms with Gasteiger partial charge >= 0.3 is 0 Å². The molecule has 21 heavy (non-hydrogen) atoms. The molecule has 0 aliphatic carbocycles. The van der Waals surface area contributed by atoms with Crippen LogP contribution in [0, 0.1) is 11.8 Å². The summed E-state index contributed by atoms with van der Waals surface area (Å²) in [5.41, 5.74) is 1.08. The highest BCUT2D eigenvalue weighted by molar-refractivity contribution is 6.23. The maximum Gasteiger partial charge on any atom is 0.240 e. The van der Waals surface area contributed by atoms with E-state index in [4.69, 9.17) is 4.74 Å². The van der Waals surface area contributed by atoms with E-state index in [1.165, 1.54) is 11.8 Å². The standard InChI is InChI=1S/C16H13NO4/c1-8(18)9-2-4-10(5-3-9)17-15(19)13-11-6-7-12(21-11)14(13)16(17)20/h2-7,11-14H,1H3/t11-,12-,13-,14-/m1/s1.